The number of allylic oxidation sites excluding steroid dienone is 4. The number of aryl methyl sites for hydroxylation is 2. The minimum Gasteiger partial charge on any atom is -0.478 e. The Balaban J connectivity index is 2.08. The lowest BCUT2D eigenvalue weighted by Crippen LogP contribution is -2.07. The van der Waals surface area contributed by atoms with Crippen LogP contribution in [0.5, 0.6) is 0 Å². The van der Waals surface area contributed by atoms with E-state index in [1.807, 2.05) is 37.3 Å². The monoisotopic (exact) mass is 409 g/mol. The first-order valence-corrected chi connectivity index (χ1v) is 10.5. The number of rotatable bonds is 9. The Bertz CT molecular complexity index is 1130. The molecular formula is C28H27NO2. The number of terminal acetylenes is 1. The van der Waals surface area contributed by atoms with Gasteiger partial charge in [-0.15, -0.1) is 12.3 Å². The molecule has 0 fully saturated rings. The number of carbonyl (C=O) groups is 1. The van der Waals surface area contributed by atoms with Gasteiger partial charge < -0.3 is 9.67 Å². The molecular weight excluding hydrogens is 382 g/mol. The number of aromatic carboxylic acids is 1. The summed E-state index contributed by atoms with van der Waals surface area (Å²) in [6.07, 6.45) is 14.8. The van der Waals surface area contributed by atoms with Gasteiger partial charge in [0, 0.05) is 23.5 Å². The van der Waals surface area contributed by atoms with Gasteiger partial charge in [-0.2, -0.15) is 0 Å². The highest BCUT2D eigenvalue weighted by Crippen LogP contribution is 2.28. The Morgan fingerprint density at radius 2 is 1.87 bits per heavy atom. The van der Waals surface area contributed by atoms with Crippen LogP contribution < -0.4 is 0 Å². The number of carboxylic acid groups (broad SMARTS) is 1. The third kappa shape index (κ3) is 5.65. The summed E-state index contributed by atoms with van der Waals surface area (Å²) in [5.74, 6) is 1.76. The fraction of sp³-hybridized carbons (Fsp3) is 0.179. The third-order valence-corrected chi connectivity index (χ3v) is 5.19. The number of aromatic nitrogens is 1. The predicted molar refractivity (Wildman–Crippen MR) is 127 cm³/mol. The van der Waals surface area contributed by atoms with E-state index in [2.05, 4.69) is 46.9 Å². The highest BCUT2D eigenvalue weighted by molar-refractivity contribution is 5.88. The number of carboxylic acids is 1. The Morgan fingerprint density at radius 3 is 2.58 bits per heavy atom. The Kier molecular flexibility index (Phi) is 7.67. The van der Waals surface area contributed by atoms with Gasteiger partial charge in [0.2, 0.25) is 0 Å². The van der Waals surface area contributed by atoms with E-state index < -0.39 is 5.97 Å². The van der Waals surface area contributed by atoms with Crippen LogP contribution in [0.2, 0.25) is 0 Å². The minimum atomic E-state index is -0.932. The Labute approximate surface area is 184 Å². The van der Waals surface area contributed by atoms with E-state index in [1.54, 1.807) is 18.2 Å². The average molecular weight is 410 g/mol. The summed E-state index contributed by atoms with van der Waals surface area (Å²) >= 11 is 0. The van der Waals surface area contributed by atoms with Crippen LogP contribution in [0.15, 0.2) is 85.0 Å². The fourth-order valence-corrected chi connectivity index (χ4v) is 3.64. The smallest absolute Gasteiger partial charge is 0.335 e. The maximum absolute atomic E-state index is 11.6. The molecule has 3 nitrogen and oxygen atoms in total. The van der Waals surface area contributed by atoms with Crippen LogP contribution >= 0.6 is 0 Å². The van der Waals surface area contributed by atoms with Crippen LogP contribution in [0.25, 0.3) is 11.3 Å². The van der Waals surface area contributed by atoms with Gasteiger partial charge in [-0.3, -0.25) is 0 Å². The van der Waals surface area contributed by atoms with Gasteiger partial charge in [-0.25, -0.2) is 4.79 Å². The molecule has 156 valence electrons. The molecule has 0 saturated heterocycles. The summed E-state index contributed by atoms with van der Waals surface area (Å²) in [4.78, 5) is 11.6. The molecule has 0 radical (unpaired) electrons. The highest BCUT2D eigenvalue weighted by Gasteiger charge is 2.15. The normalized spacial score (nSPS) is 11.5. The van der Waals surface area contributed by atoms with Crippen LogP contribution in [0.1, 0.15) is 47.1 Å². The molecule has 0 aliphatic rings. The van der Waals surface area contributed by atoms with Crippen molar-refractivity contribution in [2.24, 2.45) is 0 Å². The van der Waals surface area contributed by atoms with E-state index in [4.69, 9.17) is 6.42 Å². The van der Waals surface area contributed by atoms with E-state index in [0.29, 0.717) is 6.42 Å². The second-order valence-corrected chi connectivity index (χ2v) is 7.30. The summed E-state index contributed by atoms with van der Waals surface area (Å²) in [6, 6.07) is 21.7. The topological polar surface area (TPSA) is 42.2 Å². The first-order valence-electron chi connectivity index (χ1n) is 10.5. The molecule has 1 N–H and O–H groups in total. The van der Waals surface area contributed by atoms with Crippen molar-refractivity contribution in [3.05, 3.63) is 107 Å². The molecule has 0 aliphatic carbocycles. The third-order valence-electron chi connectivity index (χ3n) is 5.19. The molecule has 3 heteroatoms. The van der Waals surface area contributed by atoms with Crippen LogP contribution in [-0.4, -0.2) is 15.6 Å². The summed E-state index contributed by atoms with van der Waals surface area (Å²) in [6.45, 7) is 2.00. The Morgan fingerprint density at radius 1 is 1.06 bits per heavy atom. The first-order chi connectivity index (χ1) is 15.1. The molecule has 31 heavy (non-hydrogen) atoms. The zero-order valence-corrected chi connectivity index (χ0v) is 17.8. The van der Waals surface area contributed by atoms with Crippen molar-refractivity contribution in [1.29, 1.82) is 0 Å². The molecule has 0 unspecified atom stereocenters. The summed E-state index contributed by atoms with van der Waals surface area (Å²) in [5.41, 5.74) is 5.69. The van der Waals surface area contributed by atoms with Gasteiger partial charge in [0.25, 0.3) is 0 Å². The average Bonchev–Trinajstić information content (AvgIpc) is 3.22. The van der Waals surface area contributed by atoms with E-state index in [9.17, 15) is 9.90 Å². The van der Waals surface area contributed by atoms with Crippen molar-refractivity contribution < 1.29 is 9.90 Å². The summed E-state index contributed by atoms with van der Waals surface area (Å²) in [7, 11) is 0. The number of hydrogen-bond acceptors (Lipinski definition) is 1. The number of hydrogen-bond donors (Lipinski definition) is 1. The van der Waals surface area contributed by atoms with Crippen LogP contribution in [0.4, 0.5) is 0 Å². The maximum atomic E-state index is 11.6. The molecule has 0 amide bonds. The predicted octanol–water partition coefficient (Wildman–Crippen LogP) is 6.33. The Hall–Kier alpha value is -3.77. The second kappa shape index (κ2) is 10.8. The van der Waals surface area contributed by atoms with E-state index in [-0.39, 0.29) is 5.56 Å². The van der Waals surface area contributed by atoms with Gasteiger partial charge in [0.1, 0.15) is 0 Å². The number of benzene rings is 2. The maximum Gasteiger partial charge on any atom is 0.335 e. The molecule has 3 aromatic rings. The van der Waals surface area contributed by atoms with Crippen LogP contribution in [0.3, 0.4) is 0 Å². The summed E-state index contributed by atoms with van der Waals surface area (Å²) < 4.78 is 2.17. The zero-order chi connectivity index (χ0) is 22.1. The van der Waals surface area contributed by atoms with Gasteiger partial charge in [-0.05, 0) is 67.7 Å². The fourth-order valence-electron chi connectivity index (χ4n) is 3.64. The highest BCUT2D eigenvalue weighted by atomic mass is 16.4. The van der Waals surface area contributed by atoms with Crippen molar-refractivity contribution in [2.45, 2.75) is 32.6 Å². The van der Waals surface area contributed by atoms with Crippen molar-refractivity contribution in [3.63, 3.8) is 0 Å². The first kappa shape index (κ1) is 21.9. The lowest BCUT2D eigenvalue weighted by molar-refractivity contribution is 0.0697. The van der Waals surface area contributed by atoms with Crippen LogP contribution in [0, 0.1) is 12.3 Å². The molecule has 3 rings (SSSR count). The zero-order valence-electron chi connectivity index (χ0n) is 17.8. The van der Waals surface area contributed by atoms with Gasteiger partial charge >= 0.3 is 5.97 Å². The van der Waals surface area contributed by atoms with E-state index in [1.165, 1.54) is 5.56 Å². The SMILES string of the molecule is C#CC/C=C(\C/C=C\C)c1ccc(CCc2ccccc2)n1-c1cccc(C(=O)O)c1. The minimum absolute atomic E-state index is 0.272. The standard InChI is InChI=1S/C28H27NO2/c1-3-5-13-23(14-6-4-2)27-20-19-25(18-17-22-11-8-7-9-12-22)29(27)26-16-10-15-24(21-26)28(30)31/h1,4,6-13,15-16,19-21H,5,14,17-18H2,2H3,(H,30,31)/b6-4-,23-13+. The molecule has 1 aromatic heterocycles. The molecule has 1 heterocycles. The van der Waals surface area contributed by atoms with Crippen molar-refractivity contribution >= 4 is 11.5 Å². The van der Waals surface area contributed by atoms with Crippen molar-refractivity contribution in [3.8, 4) is 18.0 Å². The molecule has 0 atom stereocenters. The van der Waals surface area contributed by atoms with Crippen molar-refractivity contribution in [2.75, 3.05) is 0 Å². The molecule has 0 bridgehead atoms. The van der Waals surface area contributed by atoms with E-state index >= 15 is 0 Å². The van der Waals surface area contributed by atoms with Gasteiger partial charge in [0.15, 0.2) is 0 Å². The summed E-state index contributed by atoms with van der Waals surface area (Å²) in [5, 5.41) is 9.49. The van der Waals surface area contributed by atoms with Crippen LogP contribution in [-0.2, 0) is 12.8 Å². The largest absolute Gasteiger partial charge is 0.478 e. The molecule has 0 aliphatic heterocycles. The van der Waals surface area contributed by atoms with Gasteiger partial charge in [-0.1, -0.05) is 54.6 Å². The number of nitrogens with zero attached hydrogens (tertiary/aromatic N) is 1. The second-order valence-electron chi connectivity index (χ2n) is 7.30. The lowest BCUT2D eigenvalue weighted by atomic mass is 10.1. The molecule has 0 spiro atoms. The van der Waals surface area contributed by atoms with E-state index in [0.717, 1.165) is 41.9 Å². The lowest BCUT2D eigenvalue weighted by Gasteiger charge is -2.16. The quantitative estimate of drug-likeness (QED) is 0.331. The molecule has 0 saturated carbocycles. The molecule has 2 aromatic carbocycles. The van der Waals surface area contributed by atoms with Crippen molar-refractivity contribution in [1.82, 2.24) is 4.57 Å². The van der Waals surface area contributed by atoms with Gasteiger partial charge in [0.05, 0.1) is 5.56 Å².